The minimum Gasteiger partial charge on any atom is -0.381 e. The van der Waals surface area contributed by atoms with E-state index in [9.17, 15) is 4.79 Å². The molecule has 2 fully saturated rings. The first-order valence-electron chi connectivity index (χ1n) is 10.8. The van der Waals surface area contributed by atoms with Gasteiger partial charge in [0.15, 0.2) is 5.82 Å². The van der Waals surface area contributed by atoms with Gasteiger partial charge in [-0.15, -0.1) is 0 Å². The Balaban J connectivity index is 1.14. The average molecular weight is 422 g/mol. The second kappa shape index (κ2) is 9.07. The lowest BCUT2D eigenvalue weighted by Crippen LogP contribution is -2.36. The summed E-state index contributed by atoms with van der Waals surface area (Å²) in [5.74, 6) is 2.13. The van der Waals surface area contributed by atoms with Crippen molar-refractivity contribution in [2.45, 2.75) is 38.3 Å². The van der Waals surface area contributed by atoms with Gasteiger partial charge in [-0.3, -0.25) is 19.2 Å². The topological polar surface area (TPSA) is 99.2 Å². The third-order valence-electron chi connectivity index (χ3n) is 6.13. The molecule has 0 N–H and O–H groups in total. The molecule has 2 aliphatic heterocycles. The molecule has 1 atom stereocenters. The van der Waals surface area contributed by atoms with E-state index in [1.165, 1.54) is 0 Å². The summed E-state index contributed by atoms with van der Waals surface area (Å²) in [6.07, 6.45) is 8.08. The van der Waals surface area contributed by atoms with E-state index in [0.717, 1.165) is 50.3 Å². The summed E-state index contributed by atoms with van der Waals surface area (Å²) >= 11 is 0. The van der Waals surface area contributed by atoms with Crippen molar-refractivity contribution >= 4 is 0 Å². The highest BCUT2D eigenvalue weighted by atomic mass is 16.5. The number of aromatic nitrogens is 5. The molecule has 0 radical (unpaired) electrons. The van der Waals surface area contributed by atoms with Crippen molar-refractivity contribution in [3.63, 3.8) is 0 Å². The molecule has 162 valence electrons. The Morgan fingerprint density at radius 3 is 2.84 bits per heavy atom. The van der Waals surface area contributed by atoms with Crippen molar-refractivity contribution in [2.24, 2.45) is 5.92 Å². The third-order valence-corrected chi connectivity index (χ3v) is 6.13. The summed E-state index contributed by atoms with van der Waals surface area (Å²) < 4.78 is 12.5. The van der Waals surface area contributed by atoms with Crippen LogP contribution in [0.15, 0.2) is 46.2 Å². The molecule has 3 aromatic heterocycles. The van der Waals surface area contributed by atoms with Crippen molar-refractivity contribution in [3.8, 4) is 11.3 Å². The predicted octanol–water partition coefficient (Wildman–Crippen LogP) is 2.10. The van der Waals surface area contributed by atoms with Gasteiger partial charge in [-0.25, -0.2) is 4.98 Å². The van der Waals surface area contributed by atoms with Gasteiger partial charge in [0.25, 0.3) is 5.56 Å². The fourth-order valence-corrected chi connectivity index (χ4v) is 4.27. The number of nitrogens with zero attached hydrogens (tertiary/aromatic N) is 6. The number of ether oxygens (including phenoxy) is 1. The summed E-state index contributed by atoms with van der Waals surface area (Å²) in [5, 5.41) is 4.14. The van der Waals surface area contributed by atoms with Crippen molar-refractivity contribution < 1.29 is 9.26 Å². The van der Waals surface area contributed by atoms with E-state index in [-0.39, 0.29) is 11.5 Å². The van der Waals surface area contributed by atoms with Crippen molar-refractivity contribution in [1.82, 2.24) is 29.6 Å². The molecule has 31 heavy (non-hydrogen) atoms. The van der Waals surface area contributed by atoms with Gasteiger partial charge < -0.3 is 9.26 Å². The third kappa shape index (κ3) is 4.72. The number of piperidine rings is 1. The van der Waals surface area contributed by atoms with Crippen LogP contribution in [0.4, 0.5) is 0 Å². The quantitative estimate of drug-likeness (QED) is 0.596. The molecule has 0 amide bonds. The van der Waals surface area contributed by atoms with E-state index in [4.69, 9.17) is 9.26 Å². The molecule has 5 heterocycles. The van der Waals surface area contributed by atoms with Crippen molar-refractivity contribution in [1.29, 1.82) is 0 Å². The molecule has 0 saturated carbocycles. The zero-order valence-electron chi connectivity index (χ0n) is 17.4. The Kier molecular flexibility index (Phi) is 5.86. The van der Waals surface area contributed by atoms with E-state index in [1.54, 1.807) is 29.4 Å². The number of likely N-dealkylation sites (tertiary alicyclic amines) is 1. The van der Waals surface area contributed by atoms with E-state index >= 15 is 0 Å². The van der Waals surface area contributed by atoms with E-state index in [0.29, 0.717) is 37.2 Å². The molecule has 5 rings (SSSR count). The minimum absolute atomic E-state index is 0.0218. The van der Waals surface area contributed by atoms with Crippen LogP contribution >= 0.6 is 0 Å². The van der Waals surface area contributed by atoms with Crippen LogP contribution in [0.1, 0.15) is 36.9 Å². The Labute approximate surface area is 180 Å². The monoisotopic (exact) mass is 422 g/mol. The van der Waals surface area contributed by atoms with Gasteiger partial charge in [0.1, 0.15) is 0 Å². The number of hydrogen-bond acceptors (Lipinski definition) is 8. The molecule has 1 unspecified atom stereocenters. The Hall–Kier alpha value is -2.91. The summed E-state index contributed by atoms with van der Waals surface area (Å²) in [5.41, 5.74) is 1.49. The molecule has 9 heteroatoms. The van der Waals surface area contributed by atoms with Crippen LogP contribution in [0.2, 0.25) is 0 Å². The highest BCUT2D eigenvalue weighted by Crippen LogP contribution is 2.24. The average Bonchev–Trinajstić information content (AvgIpc) is 3.49. The molecule has 2 aliphatic rings. The first-order chi connectivity index (χ1) is 15.2. The largest absolute Gasteiger partial charge is 0.381 e. The van der Waals surface area contributed by atoms with Crippen LogP contribution < -0.4 is 5.56 Å². The lowest BCUT2D eigenvalue weighted by atomic mass is 9.96. The number of pyridine rings is 1. The van der Waals surface area contributed by atoms with E-state index < -0.39 is 0 Å². The van der Waals surface area contributed by atoms with E-state index in [2.05, 4.69) is 25.0 Å². The Morgan fingerprint density at radius 1 is 1.19 bits per heavy atom. The molecule has 0 aliphatic carbocycles. The first-order valence-corrected chi connectivity index (χ1v) is 10.8. The molecular formula is C22H26N6O3. The maximum atomic E-state index is 12.6. The predicted molar refractivity (Wildman–Crippen MR) is 112 cm³/mol. The van der Waals surface area contributed by atoms with Gasteiger partial charge in [-0.05, 0) is 50.4 Å². The molecule has 0 aromatic carbocycles. The van der Waals surface area contributed by atoms with Crippen LogP contribution in [0.3, 0.4) is 0 Å². The fraction of sp³-hybridized carbons (Fsp3) is 0.500. The maximum Gasteiger partial charge on any atom is 0.253 e. The van der Waals surface area contributed by atoms with E-state index in [1.807, 2.05) is 12.1 Å². The lowest BCUT2D eigenvalue weighted by molar-refractivity contribution is 0.161. The van der Waals surface area contributed by atoms with Gasteiger partial charge >= 0.3 is 0 Å². The highest BCUT2D eigenvalue weighted by Gasteiger charge is 2.25. The van der Waals surface area contributed by atoms with Crippen LogP contribution in [-0.2, 0) is 17.8 Å². The zero-order chi connectivity index (χ0) is 21.0. The lowest BCUT2D eigenvalue weighted by Gasteiger charge is -2.31. The molecule has 0 bridgehead atoms. The summed E-state index contributed by atoms with van der Waals surface area (Å²) in [6, 6.07) is 5.34. The zero-order valence-corrected chi connectivity index (χ0v) is 17.4. The minimum atomic E-state index is -0.0218. The molecular weight excluding hydrogens is 396 g/mol. The molecule has 3 aromatic rings. The van der Waals surface area contributed by atoms with Gasteiger partial charge in [0, 0.05) is 37.2 Å². The van der Waals surface area contributed by atoms with Crippen molar-refractivity contribution in [2.75, 3.05) is 26.3 Å². The van der Waals surface area contributed by atoms with Crippen LogP contribution in [0, 0.1) is 5.92 Å². The molecule has 0 spiro atoms. The molecule has 9 nitrogen and oxygen atoms in total. The number of hydrogen-bond donors (Lipinski definition) is 0. The van der Waals surface area contributed by atoms with Gasteiger partial charge in [0.2, 0.25) is 5.89 Å². The summed E-state index contributed by atoms with van der Waals surface area (Å²) in [6.45, 7) is 4.74. The normalized spacial score (nSPS) is 20.3. The standard InChI is InChI=1S/C22H26N6O3/c29-21-10-19(17-2-1-6-23-11-17)24-15-28(21)12-16-3-7-27(8-4-16)13-20-25-22(31-26-20)18-5-9-30-14-18/h1-2,6,10-11,15-16,18H,3-5,7-9,12-14H2. The Morgan fingerprint density at radius 2 is 2.10 bits per heavy atom. The highest BCUT2D eigenvalue weighted by molar-refractivity contribution is 5.56. The fourth-order valence-electron chi connectivity index (χ4n) is 4.27. The second-order valence-electron chi connectivity index (χ2n) is 8.34. The van der Waals surface area contributed by atoms with Gasteiger partial charge in [-0.1, -0.05) is 5.16 Å². The van der Waals surface area contributed by atoms with Gasteiger partial charge in [-0.2, -0.15) is 4.98 Å². The first kappa shape index (κ1) is 20.0. The summed E-state index contributed by atoms with van der Waals surface area (Å²) in [4.78, 5) is 28.0. The molecule has 2 saturated heterocycles. The Bertz CT molecular complexity index is 1050. The summed E-state index contributed by atoms with van der Waals surface area (Å²) in [7, 11) is 0. The van der Waals surface area contributed by atoms with Crippen LogP contribution in [-0.4, -0.2) is 55.9 Å². The smallest absolute Gasteiger partial charge is 0.253 e. The van der Waals surface area contributed by atoms with Crippen LogP contribution in [0.5, 0.6) is 0 Å². The van der Waals surface area contributed by atoms with Crippen LogP contribution in [0.25, 0.3) is 11.3 Å². The second-order valence-corrected chi connectivity index (χ2v) is 8.34. The van der Waals surface area contributed by atoms with Gasteiger partial charge in [0.05, 0.1) is 31.1 Å². The maximum absolute atomic E-state index is 12.6. The van der Waals surface area contributed by atoms with Crippen molar-refractivity contribution in [3.05, 3.63) is 59.0 Å². The SMILES string of the molecule is O=c1cc(-c2cccnc2)ncn1CC1CCN(Cc2noc(C3CCOC3)n2)CC1. The number of rotatable bonds is 6.